The molecule has 0 saturated heterocycles. The summed E-state index contributed by atoms with van der Waals surface area (Å²) >= 11 is 0. The van der Waals surface area contributed by atoms with Crippen LogP contribution in [0.15, 0.2) is 71.4 Å². The van der Waals surface area contributed by atoms with E-state index in [0.29, 0.717) is 29.7 Å². The number of aromatic nitrogens is 3. The van der Waals surface area contributed by atoms with Gasteiger partial charge in [-0.3, -0.25) is 0 Å². The normalized spacial score (nSPS) is 11.5. The van der Waals surface area contributed by atoms with E-state index in [4.69, 9.17) is 15.0 Å². The third-order valence-electron chi connectivity index (χ3n) is 4.25. The van der Waals surface area contributed by atoms with Crippen molar-refractivity contribution in [3.63, 3.8) is 0 Å². The minimum atomic E-state index is -4.39. The number of halogens is 3. The van der Waals surface area contributed by atoms with Gasteiger partial charge >= 0.3 is 6.18 Å². The number of hydrogen-bond acceptors (Lipinski definition) is 6. The van der Waals surface area contributed by atoms with Crippen LogP contribution in [0.5, 0.6) is 11.5 Å². The van der Waals surface area contributed by atoms with Crippen molar-refractivity contribution in [2.24, 2.45) is 5.73 Å². The number of hydrogen-bond donors (Lipinski definition) is 1. The van der Waals surface area contributed by atoms with Gasteiger partial charge in [-0.25, -0.2) is 4.98 Å². The van der Waals surface area contributed by atoms with Crippen molar-refractivity contribution in [3.8, 4) is 34.5 Å². The maximum atomic E-state index is 12.6. The second kappa shape index (κ2) is 7.96. The number of ether oxygens (including phenoxy) is 1. The van der Waals surface area contributed by atoms with Crippen molar-refractivity contribution in [1.29, 1.82) is 0 Å². The van der Waals surface area contributed by atoms with Crippen LogP contribution < -0.4 is 10.5 Å². The molecular formula is C21H15F3N4O2. The molecule has 0 amide bonds. The fourth-order valence-electron chi connectivity index (χ4n) is 2.65. The molecule has 2 aromatic carbocycles. The predicted molar refractivity (Wildman–Crippen MR) is 102 cm³/mol. The first-order valence-electron chi connectivity index (χ1n) is 8.87. The minimum absolute atomic E-state index is 0.264. The van der Waals surface area contributed by atoms with Crippen molar-refractivity contribution in [3.05, 3.63) is 78.0 Å². The zero-order valence-corrected chi connectivity index (χ0v) is 15.4. The van der Waals surface area contributed by atoms with Gasteiger partial charge in [-0.15, -0.1) is 0 Å². The summed E-state index contributed by atoms with van der Waals surface area (Å²) in [6.07, 6.45) is -2.96. The maximum absolute atomic E-state index is 12.6. The van der Waals surface area contributed by atoms with Gasteiger partial charge in [0, 0.05) is 12.1 Å². The van der Waals surface area contributed by atoms with Crippen LogP contribution in [0.2, 0.25) is 0 Å². The van der Waals surface area contributed by atoms with E-state index in [9.17, 15) is 13.2 Å². The van der Waals surface area contributed by atoms with E-state index in [2.05, 4.69) is 15.1 Å². The Hall–Kier alpha value is -3.72. The van der Waals surface area contributed by atoms with E-state index in [-0.39, 0.29) is 5.75 Å². The lowest BCUT2D eigenvalue weighted by Gasteiger charge is -2.08. The number of pyridine rings is 1. The summed E-state index contributed by atoms with van der Waals surface area (Å²) in [4.78, 5) is 8.56. The molecule has 0 radical (unpaired) electrons. The Balaban J connectivity index is 1.46. The third kappa shape index (κ3) is 4.31. The Labute approximate surface area is 169 Å². The molecule has 0 aliphatic carbocycles. The molecule has 4 rings (SSSR count). The summed E-state index contributed by atoms with van der Waals surface area (Å²) in [6, 6.07) is 15.1. The number of benzene rings is 2. The Morgan fingerprint density at radius 1 is 0.900 bits per heavy atom. The molecule has 9 heteroatoms. The van der Waals surface area contributed by atoms with Crippen LogP contribution in [0.3, 0.4) is 0 Å². The zero-order chi connectivity index (χ0) is 21.1. The summed E-state index contributed by atoms with van der Waals surface area (Å²) in [5.74, 6) is 1.27. The molecule has 0 spiro atoms. The van der Waals surface area contributed by atoms with E-state index in [1.807, 2.05) is 24.3 Å². The number of nitrogens with zero attached hydrogens (tertiary/aromatic N) is 3. The first-order valence-corrected chi connectivity index (χ1v) is 8.87. The second-order valence-electron chi connectivity index (χ2n) is 6.33. The highest BCUT2D eigenvalue weighted by Gasteiger charge is 2.30. The molecule has 2 N–H and O–H groups in total. The van der Waals surface area contributed by atoms with Crippen LogP contribution in [0.25, 0.3) is 23.0 Å². The van der Waals surface area contributed by atoms with Crippen LogP contribution in [-0.4, -0.2) is 15.1 Å². The van der Waals surface area contributed by atoms with E-state index >= 15 is 0 Å². The molecule has 0 aliphatic heterocycles. The molecule has 0 fully saturated rings. The molecule has 152 valence electrons. The summed E-state index contributed by atoms with van der Waals surface area (Å²) in [5.41, 5.74) is 7.06. The van der Waals surface area contributed by atoms with E-state index in [1.165, 1.54) is 18.3 Å². The van der Waals surface area contributed by atoms with Crippen LogP contribution in [0.1, 0.15) is 11.1 Å². The molecule has 0 bridgehead atoms. The SMILES string of the molecule is NCc1ccc(-c2nc(-c3ccc(Oc4ccc(C(F)(F)F)cc4)cn3)no2)cc1. The van der Waals surface area contributed by atoms with Crippen molar-refractivity contribution in [2.75, 3.05) is 0 Å². The van der Waals surface area contributed by atoms with E-state index < -0.39 is 11.7 Å². The van der Waals surface area contributed by atoms with Gasteiger partial charge in [0.15, 0.2) is 0 Å². The minimum Gasteiger partial charge on any atom is -0.456 e. The van der Waals surface area contributed by atoms with Crippen LogP contribution in [-0.2, 0) is 12.7 Å². The molecular weight excluding hydrogens is 397 g/mol. The summed E-state index contributed by atoms with van der Waals surface area (Å²) in [7, 11) is 0. The highest BCUT2D eigenvalue weighted by atomic mass is 19.4. The lowest BCUT2D eigenvalue weighted by Crippen LogP contribution is -2.03. The van der Waals surface area contributed by atoms with Gasteiger partial charge in [-0.2, -0.15) is 18.2 Å². The second-order valence-corrected chi connectivity index (χ2v) is 6.33. The molecule has 6 nitrogen and oxygen atoms in total. The topological polar surface area (TPSA) is 87.1 Å². The van der Waals surface area contributed by atoms with Gasteiger partial charge < -0.3 is 15.0 Å². The Bertz CT molecular complexity index is 1120. The smallest absolute Gasteiger partial charge is 0.416 e. The molecule has 0 atom stereocenters. The standard InChI is InChI=1S/C21H15F3N4O2/c22-21(23,24)15-5-7-16(8-6-15)29-17-9-10-18(26-12-17)19-27-20(30-28-19)14-3-1-13(11-25)2-4-14/h1-10,12H,11,25H2. The predicted octanol–water partition coefficient (Wildman–Crippen LogP) is 5.07. The number of rotatable bonds is 5. The van der Waals surface area contributed by atoms with Gasteiger partial charge in [0.05, 0.1) is 11.8 Å². The largest absolute Gasteiger partial charge is 0.456 e. The Kier molecular flexibility index (Phi) is 5.20. The molecule has 2 aromatic heterocycles. The lowest BCUT2D eigenvalue weighted by molar-refractivity contribution is -0.137. The number of nitrogens with two attached hydrogens (primary N) is 1. The monoisotopic (exact) mass is 412 g/mol. The average Bonchev–Trinajstić information content (AvgIpc) is 3.24. The molecule has 0 saturated carbocycles. The summed E-state index contributed by atoms with van der Waals surface area (Å²) in [5, 5.41) is 3.93. The first-order chi connectivity index (χ1) is 14.4. The van der Waals surface area contributed by atoms with E-state index in [1.54, 1.807) is 12.1 Å². The van der Waals surface area contributed by atoms with Gasteiger partial charge in [-0.05, 0) is 54.1 Å². The van der Waals surface area contributed by atoms with Crippen molar-refractivity contribution in [2.45, 2.75) is 12.7 Å². The molecule has 4 aromatic rings. The summed E-state index contributed by atoms with van der Waals surface area (Å²) < 4.78 is 48.7. The maximum Gasteiger partial charge on any atom is 0.416 e. The molecule has 0 unspecified atom stereocenters. The van der Waals surface area contributed by atoms with E-state index in [0.717, 1.165) is 23.3 Å². The molecule has 2 heterocycles. The molecule has 30 heavy (non-hydrogen) atoms. The van der Waals surface area contributed by atoms with Crippen LogP contribution >= 0.6 is 0 Å². The van der Waals surface area contributed by atoms with Crippen molar-refractivity contribution < 1.29 is 22.4 Å². The third-order valence-corrected chi connectivity index (χ3v) is 4.25. The molecule has 0 aliphatic rings. The Morgan fingerprint density at radius 3 is 2.20 bits per heavy atom. The highest BCUT2D eigenvalue weighted by molar-refractivity contribution is 5.58. The van der Waals surface area contributed by atoms with Crippen molar-refractivity contribution in [1.82, 2.24) is 15.1 Å². The van der Waals surface area contributed by atoms with Gasteiger partial charge in [0.25, 0.3) is 5.89 Å². The lowest BCUT2D eigenvalue weighted by atomic mass is 10.1. The first kappa shape index (κ1) is 19.6. The quantitative estimate of drug-likeness (QED) is 0.493. The van der Waals surface area contributed by atoms with Crippen molar-refractivity contribution >= 4 is 0 Å². The fraction of sp³-hybridized carbons (Fsp3) is 0.0952. The van der Waals surface area contributed by atoms with Gasteiger partial charge in [0.1, 0.15) is 17.2 Å². The van der Waals surface area contributed by atoms with Gasteiger partial charge in [-0.1, -0.05) is 17.3 Å². The van der Waals surface area contributed by atoms with Gasteiger partial charge in [0.2, 0.25) is 5.82 Å². The number of alkyl halides is 3. The summed E-state index contributed by atoms with van der Waals surface area (Å²) in [6.45, 7) is 0.445. The zero-order valence-electron chi connectivity index (χ0n) is 15.4. The van der Waals surface area contributed by atoms with Crippen LogP contribution in [0, 0.1) is 0 Å². The fourth-order valence-corrected chi connectivity index (χ4v) is 2.65. The average molecular weight is 412 g/mol. The highest BCUT2D eigenvalue weighted by Crippen LogP contribution is 2.31. The van der Waals surface area contributed by atoms with Crippen LogP contribution in [0.4, 0.5) is 13.2 Å². The Morgan fingerprint density at radius 2 is 1.60 bits per heavy atom.